The van der Waals surface area contributed by atoms with Gasteiger partial charge in [0.2, 0.25) is 5.78 Å². The Morgan fingerprint density at radius 3 is 1.71 bits per heavy atom. The molecule has 21 heavy (non-hydrogen) atoms. The standard InChI is InChI=1S/C15H28O6/c1-8-18-14(17)15(20-11(4)5,21-12(6)7)13(16)9-19-10(2)3/h10-12H,8-9H2,1-7H3. The first-order valence-electron chi connectivity index (χ1n) is 7.33. The predicted molar refractivity (Wildman–Crippen MR) is 77.9 cm³/mol. The number of carbonyl (C=O) groups is 2. The van der Waals surface area contributed by atoms with E-state index in [1.54, 1.807) is 48.5 Å². The number of Topliss-reactive ketones (excluding diaryl/α,β-unsaturated/α-hetero) is 1. The number of rotatable bonds is 10. The molecular formula is C15H28O6. The Morgan fingerprint density at radius 2 is 1.38 bits per heavy atom. The third kappa shape index (κ3) is 6.54. The lowest BCUT2D eigenvalue weighted by Gasteiger charge is -2.33. The Hall–Kier alpha value is -0.980. The first-order valence-corrected chi connectivity index (χ1v) is 7.33. The number of hydrogen-bond acceptors (Lipinski definition) is 6. The molecule has 0 atom stereocenters. The van der Waals surface area contributed by atoms with E-state index in [1.807, 2.05) is 0 Å². The Kier molecular flexibility index (Phi) is 8.70. The topological polar surface area (TPSA) is 71.1 Å². The number of esters is 1. The average molecular weight is 304 g/mol. The van der Waals surface area contributed by atoms with E-state index < -0.39 is 29.7 Å². The van der Waals surface area contributed by atoms with Crippen LogP contribution < -0.4 is 0 Å². The Labute approximate surface area is 127 Å². The molecule has 0 rings (SSSR count). The molecule has 0 saturated carbocycles. The lowest BCUT2D eigenvalue weighted by atomic mass is 10.1. The molecule has 0 saturated heterocycles. The van der Waals surface area contributed by atoms with E-state index in [9.17, 15) is 9.59 Å². The van der Waals surface area contributed by atoms with E-state index in [0.717, 1.165) is 0 Å². The molecule has 0 radical (unpaired) electrons. The molecule has 0 aliphatic heterocycles. The van der Waals surface area contributed by atoms with Crippen LogP contribution in [0.2, 0.25) is 0 Å². The molecule has 0 heterocycles. The summed E-state index contributed by atoms with van der Waals surface area (Å²) in [6.45, 7) is 12.0. The fourth-order valence-electron chi connectivity index (χ4n) is 1.60. The summed E-state index contributed by atoms with van der Waals surface area (Å²) in [6.07, 6.45) is -0.931. The smallest absolute Gasteiger partial charge is 0.375 e. The van der Waals surface area contributed by atoms with Crippen molar-refractivity contribution in [2.24, 2.45) is 0 Å². The lowest BCUT2D eigenvalue weighted by Crippen LogP contribution is -2.56. The minimum absolute atomic E-state index is 0.127. The molecule has 0 aliphatic rings. The maximum Gasteiger partial charge on any atom is 0.375 e. The zero-order chi connectivity index (χ0) is 16.6. The van der Waals surface area contributed by atoms with Crippen LogP contribution in [0.4, 0.5) is 0 Å². The Bertz CT molecular complexity index is 325. The zero-order valence-corrected chi connectivity index (χ0v) is 14.1. The van der Waals surface area contributed by atoms with E-state index in [0.29, 0.717) is 0 Å². The summed E-state index contributed by atoms with van der Waals surface area (Å²) in [5, 5.41) is 0. The van der Waals surface area contributed by atoms with E-state index >= 15 is 0 Å². The minimum Gasteiger partial charge on any atom is -0.462 e. The van der Waals surface area contributed by atoms with E-state index in [2.05, 4.69) is 0 Å². The Morgan fingerprint density at radius 1 is 0.905 bits per heavy atom. The van der Waals surface area contributed by atoms with Crippen molar-refractivity contribution < 1.29 is 28.5 Å². The Balaban J connectivity index is 5.42. The zero-order valence-electron chi connectivity index (χ0n) is 14.1. The van der Waals surface area contributed by atoms with Crippen molar-refractivity contribution >= 4 is 11.8 Å². The maximum absolute atomic E-state index is 12.5. The summed E-state index contributed by atoms with van der Waals surface area (Å²) < 4.78 is 21.3. The van der Waals surface area contributed by atoms with E-state index in [-0.39, 0.29) is 19.3 Å². The van der Waals surface area contributed by atoms with Gasteiger partial charge >= 0.3 is 11.8 Å². The van der Waals surface area contributed by atoms with E-state index in [4.69, 9.17) is 18.9 Å². The van der Waals surface area contributed by atoms with Gasteiger partial charge < -0.3 is 18.9 Å². The molecule has 0 bridgehead atoms. The third-order valence-electron chi connectivity index (χ3n) is 2.26. The molecule has 0 spiro atoms. The highest BCUT2D eigenvalue weighted by molar-refractivity contribution is 6.06. The highest BCUT2D eigenvalue weighted by atomic mass is 16.7. The normalized spacial score (nSPS) is 12.3. The van der Waals surface area contributed by atoms with Gasteiger partial charge in [-0.3, -0.25) is 4.79 Å². The molecule has 0 aromatic heterocycles. The molecule has 6 nitrogen and oxygen atoms in total. The molecule has 0 unspecified atom stereocenters. The molecule has 6 heteroatoms. The average Bonchev–Trinajstić information content (AvgIpc) is 2.33. The monoisotopic (exact) mass is 304 g/mol. The summed E-state index contributed by atoms with van der Waals surface area (Å²) in [5.74, 6) is -3.52. The van der Waals surface area contributed by atoms with Gasteiger partial charge in [-0.15, -0.1) is 0 Å². The van der Waals surface area contributed by atoms with Crippen molar-refractivity contribution in [3.05, 3.63) is 0 Å². The van der Waals surface area contributed by atoms with Crippen LogP contribution in [0.15, 0.2) is 0 Å². The van der Waals surface area contributed by atoms with Gasteiger partial charge in [0.1, 0.15) is 6.61 Å². The van der Waals surface area contributed by atoms with Gasteiger partial charge in [-0.05, 0) is 48.5 Å². The van der Waals surface area contributed by atoms with Crippen molar-refractivity contribution in [1.29, 1.82) is 0 Å². The number of ether oxygens (including phenoxy) is 4. The van der Waals surface area contributed by atoms with Crippen LogP contribution in [0.25, 0.3) is 0 Å². The van der Waals surface area contributed by atoms with Crippen LogP contribution in [0.3, 0.4) is 0 Å². The van der Waals surface area contributed by atoms with Gasteiger partial charge in [0.15, 0.2) is 0 Å². The van der Waals surface area contributed by atoms with Gasteiger partial charge in [-0.25, -0.2) is 4.79 Å². The van der Waals surface area contributed by atoms with Crippen molar-refractivity contribution in [2.45, 2.75) is 72.6 Å². The van der Waals surface area contributed by atoms with Gasteiger partial charge in [-0.1, -0.05) is 0 Å². The van der Waals surface area contributed by atoms with Crippen LogP contribution in [-0.2, 0) is 28.5 Å². The molecule has 0 N–H and O–H groups in total. The molecule has 0 aromatic carbocycles. The maximum atomic E-state index is 12.5. The second kappa shape index (κ2) is 9.12. The van der Waals surface area contributed by atoms with Crippen LogP contribution in [0.1, 0.15) is 48.5 Å². The minimum atomic E-state index is -2.08. The van der Waals surface area contributed by atoms with Crippen molar-refractivity contribution in [2.75, 3.05) is 13.2 Å². The lowest BCUT2D eigenvalue weighted by molar-refractivity contribution is -0.261. The summed E-state index contributed by atoms with van der Waals surface area (Å²) >= 11 is 0. The highest BCUT2D eigenvalue weighted by Crippen LogP contribution is 2.22. The largest absolute Gasteiger partial charge is 0.462 e. The second-order valence-electron chi connectivity index (χ2n) is 5.45. The number of hydrogen-bond donors (Lipinski definition) is 0. The van der Waals surface area contributed by atoms with Gasteiger partial charge in [0.25, 0.3) is 0 Å². The number of ketones is 1. The fraction of sp³-hybridized carbons (Fsp3) is 0.867. The van der Waals surface area contributed by atoms with Crippen molar-refractivity contribution in [3.63, 3.8) is 0 Å². The summed E-state index contributed by atoms with van der Waals surface area (Å²) in [4.78, 5) is 24.8. The first kappa shape index (κ1) is 20.0. The van der Waals surface area contributed by atoms with Gasteiger partial charge in [0, 0.05) is 0 Å². The van der Waals surface area contributed by atoms with Gasteiger partial charge in [0.05, 0.1) is 24.9 Å². The summed E-state index contributed by atoms with van der Waals surface area (Å²) in [5.41, 5.74) is 0. The van der Waals surface area contributed by atoms with Crippen molar-refractivity contribution in [1.82, 2.24) is 0 Å². The van der Waals surface area contributed by atoms with E-state index in [1.165, 1.54) is 0 Å². The fourth-order valence-corrected chi connectivity index (χ4v) is 1.60. The molecule has 0 fully saturated rings. The second-order valence-corrected chi connectivity index (χ2v) is 5.45. The van der Waals surface area contributed by atoms with Gasteiger partial charge in [-0.2, -0.15) is 0 Å². The third-order valence-corrected chi connectivity index (χ3v) is 2.26. The summed E-state index contributed by atoms with van der Waals surface area (Å²) in [6, 6.07) is 0. The first-order chi connectivity index (χ1) is 9.65. The number of carbonyl (C=O) groups excluding carboxylic acids is 2. The summed E-state index contributed by atoms with van der Waals surface area (Å²) in [7, 11) is 0. The SMILES string of the molecule is CCOC(=O)C(OC(C)C)(OC(C)C)C(=O)COC(C)C. The van der Waals surface area contributed by atoms with Crippen LogP contribution in [0, 0.1) is 0 Å². The molecular weight excluding hydrogens is 276 g/mol. The van der Waals surface area contributed by atoms with Crippen molar-refractivity contribution in [3.8, 4) is 0 Å². The van der Waals surface area contributed by atoms with Crippen LogP contribution >= 0.6 is 0 Å². The van der Waals surface area contributed by atoms with Crippen LogP contribution in [-0.4, -0.2) is 49.1 Å². The predicted octanol–water partition coefficient (Wildman–Crippen LogP) is 2.09. The molecule has 0 amide bonds. The molecule has 0 aromatic rings. The highest BCUT2D eigenvalue weighted by Gasteiger charge is 2.51. The quantitative estimate of drug-likeness (QED) is 0.350. The van der Waals surface area contributed by atoms with Crippen LogP contribution in [0.5, 0.6) is 0 Å². The molecule has 124 valence electrons. The molecule has 0 aliphatic carbocycles.